The molecule has 2 heterocycles. The Kier molecular flexibility index (Phi) is 2.95. The minimum Gasteiger partial charge on any atom is -0.237 e. The zero-order chi connectivity index (χ0) is 17.7. The fourth-order valence-electron chi connectivity index (χ4n) is 3.83. The molecule has 3 aromatic carbocycles. The lowest BCUT2D eigenvalue weighted by Gasteiger charge is -2.07. The van der Waals surface area contributed by atoms with Crippen molar-refractivity contribution in [2.45, 2.75) is 6.54 Å². The van der Waals surface area contributed by atoms with Gasteiger partial charge in [-0.25, -0.2) is 4.85 Å². The summed E-state index contributed by atoms with van der Waals surface area (Å²) in [6.07, 6.45) is 1.98. The Morgan fingerprint density at radius 2 is 1.88 bits per heavy atom. The number of hydrogen-bond acceptors (Lipinski definition) is 1. The Balaban J connectivity index is 1.86. The molecule has 0 amide bonds. The minimum absolute atomic E-state index is 0.404. The molecule has 4 heteroatoms. The van der Waals surface area contributed by atoms with E-state index < -0.39 is 0 Å². The van der Waals surface area contributed by atoms with E-state index in [1.54, 1.807) is 6.07 Å². The van der Waals surface area contributed by atoms with Gasteiger partial charge < -0.3 is 0 Å². The molecule has 0 atom stereocenters. The third-order valence-electron chi connectivity index (χ3n) is 4.94. The molecule has 0 radical (unpaired) electrons. The first-order valence-electron chi connectivity index (χ1n) is 8.35. The Labute approximate surface area is 150 Å². The van der Waals surface area contributed by atoms with Crippen molar-refractivity contribution in [1.29, 1.82) is 5.26 Å². The number of nitriles is 1. The van der Waals surface area contributed by atoms with Gasteiger partial charge in [0.05, 0.1) is 23.6 Å². The van der Waals surface area contributed by atoms with Crippen LogP contribution in [0.15, 0.2) is 66.9 Å². The van der Waals surface area contributed by atoms with E-state index in [1.807, 2.05) is 30.5 Å². The van der Waals surface area contributed by atoms with Crippen LogP contribution in [0.5, 0.6) is 0 Å². The fourth-order valence-corrected chi connectivity index (χ4v) is 3.83. The van der Waals surface area contributed by atoms with E-state index in [9.17, 15) is 5.26 Å². The molecule has 120 valence electrons. The van der Waals surface area contributed by atoms with Gasteiger partial charge in [-0.3, -0.25) is 0 Å². The first-order chi connectivity index (χ1) is 12.8. The molecule has 0 N–H and O–H groups in total. The van der Waals surface area contributed by atoms with E-state index >= 15 is 0 Å². The minimum atomic E-state index is 0.404. The van der Waals surface area contributed by atoms with Gasteiger partial charge in [0.2, 0.25) is 11.9 Å². The summed E-state index contributed by atoms with van der Waals surface area (Å²) in [5.74, 6) is 0. The lowest BCUT2D eigenvalue weighted by Crippen LogP contribution is -2.36. The number of nitrogens with zero attached hydrogens (tertiary/aromatic N) is 4. The van der Waals surface area contributed by atoms with E-state index in [4.69, 9.17) is 6.57 Å². The molecule has 1 aliphatic heterocycles. The van der Waals surface area contributed by atoms with Crippen molar-refractivity contribution in [1.82, 2.24) is 4.68 Å². The van der Waals surface area contributed by atoms with Gasteiger partial charge in [0.1, 0.15) is 11.2 Å². The Hall–Kier alpha value is -3.89. The molecule has 4 nitrogen and oxygen atoms in total. The summed E-state index contributed by atoms with van der Waals surface area (Å²) in [4.78, 5) is 3.49. The van der Waals surface area contributed by atoms with Gasteiger partial charge >= 0.3 is 0 Å². The molecule has 0 saturated carbocycles. The highest BCUT2D eigenvalue weighted by Gasteiger charge is 2.31. The second-order valence-corrected chi connectivity index (χ2v) is 6.33. The second kappa shape index (κ2) is 5.31. The Bertz CT molecular complexity index is 1270. The largest absolute Gasteiger partial charge is 0.237 e. The molecular formula is C22H13N4+. The van der Waals surface area contributed by atoms with Gasteiger partial charge in [0.25, 0.3) is 0 Å². The van der Waals surface area contributed by atoms with Crippen LogP contribution in [-0.4, -0.2) is 4.68 Å². The van der Waals surface area contributed by atoms with Crippen molar-refractivity contribution in [3.05, 3.63) is 89.4 Å². The first kappa shape index (κ1) is 14.5. The lowest BCUT2D eigenvalue weighted by molar-refractivity contribution is -0.749. The van der Waals surface area contributed by atoms with Gasteiger partial charge in [0.15, 0.2) is 6.54 Å². The van der Waals surface area contributed by atoms with E-state index in [2.05, 4.69) is 50.6 Å². The number of fused-ring (bicyclic) bond motifs is 5. The topological polar surface area (TPSA) is 37.0 Å². The molecule has 4 aromatic rings. The zero-order valence-corrected chi connectivity index (χ0v) is 13.8. The zero-order valence-electron chi connectivity index (χ0n) is 13.8. The summed E-state index contributed by atoms with van der Waals surface area (Å²) in [5, 5.41) is 10.4. The van der Waals surface area contributed by atoms with Crippen molar-refractivity contribution in [3.63, 3.8) is 0 Å². The summed E-state index contributed by atoms with van der Waals surface area (Å²) in [7, 11) is 0. The number of hydrogen-bond donors (Lipinski definition) is 0. The van der Waals surface area contributed by atoms with E-state index in [1.165, 1.54) is 11.1 Å². The standard InChI is InChI=1S/C22H13N4/c1-24-20-10-11-21-19(18(20)12-23)14-25-13-16-8-5-9-17(22(16)26(21)25)15-6-3-2-4-7-15/h2-11,14H,13H2/q+1. The maximum absolute atomic E-state index is 9.55. The van der Waals surface area contributed by atoms with E-state index in [0.717, 1.165) is 28.7 Å². The van der Waals surface area contributed by atoms with Gasteiger partial charge in [0, 0.05) is 11.1 Å². The maximum atomic E-state index is 9.55. The van der Waals surface area contributed by atoms with Gasteiger partial charge in [-0.05, 0) is 11.6 Å². The van der Waals surface area contributed by atoms with Crippen molar-refractivity contribution in [3.8, 4) is 22.9 Å². The third-order valence-corrected chi connectivity index (χ3v) is 4.94. The molecule has 0 bridgehead atoms. The molecule has 0 unspecified atom stereocenters. The van der Waals surface area contributed by atoms with Crippen LogP contribution in [0.2, 0.25) is 0 Å². The summed E-state index contributed by atoms with van der Waals surface area (Å²) < 4.78 is 4.29. The molecule has 26 heavy (non-hydrogen) atoms. The van der Waals surface area contributed by atoms with Crippen LogP contribution in [0.4, 0.5) is 5.69 Å². The van der Waals surface area contributed by atoms with Crippen molar-refractivity contribution in [2.24, 2.45) is 0 Å². The van der Waals surface area contributed by atoms with Crippen LogP contribution < -0.4 is 4.68 Å². The van der Waals surface area contributed by atoms with Crippen molar-refractivity contribution in [2.75, 3.05) is 0 Å². The van der Waals surface area contributed by atoms with Crippen molar-refractivity contribution < 1.29 is 4.68 Å². The van der Waals surface area contributed by atoms with E-state index in [0.29, 0.717) is 11.3 Å². The van der Waals surface area contributed by atoms with Crippen LogP contribution in [0.25, 0.3) is 32.6 Å². The second-order valence-electron chi connectivity index (χ2n) is 6.33. The van der Waals surface area contributed by atoms with Crippen LogP contribution >= 0.6 is 0 Å². The lowest BCUT2D eigenvalue weighted by atomic mass is 10.00. The third kappa shape index (κ3) is 1.84. The molecule has 5 rings (SSSR count). The Morgan fingerprint density at radius 3 is 2.65 bits per heavy atom. The molecular weight excluding hydrogens is 320 g/mol. The summed E-state index contributed by atoms with van der Waals surface area (Å²) in [6, 6.07) is 22.6. The smallest absolute Gasteiger partial charge is 0.205 e. The fraction of sp³-hybridized carbons (Fsp3) is 0.0455. The highest BCUT2D eigenvalue weighted by atomic mass is 15.4. The SMILES string of the molecule is [C-]#[N+]c1ccc2c(c[n+]3n2-c2c(cccc2-c2ccccc2)C3)c1C#N. The Morgan fingerprint density at radius 1 is 1.04 bits per heavy atom. The average Bonchev–Trinajstić information content (AvgIpc) is 3.23. The summed E-state index contributed by atoms with van der Waals surface area (Å²) in [6.45, 7) is 8.06. The number of para-hydroxylation sites is 1. The quantitative estimate of drug-likeness (QED) is 0.331. The van der Waals surface area contributed by atoms with E-state index in [-0.39, 0.29) is 0 Å². The number of benzene rings is 3. The predicted molar refractivity (Wildman–Crippen MR) is 99.0 cm³/mol. The van der Waals surface area contributed by atoms with Crippen LogP contribution in [0.1, 0.15) is 11.1 Å². The molecule has 1 aliphatic rings. The molecule has 0 saturated heterocycles. The maximum Gasteiger partial charge on any atom is 0.205 e. The van der Waals surface area contributed by atoms with Gasteiger partial charge in [-0.15, -0.1) is 9.36 Å². The van der Waals surface area contributed by atoms with Crippen LogP contribution in [0.3, 0.4) is 0 Å². The molecule has 0 spiro atoms. The summed E-state index contributed by atoms with van der Waals surface area (Å²) in [5.41, 5.74) is 6.54. The van der Waals surface area contributed by atoms with Gasteiger partial charge in [-0.2, -0.15) is 5.26 Å². The monoisotopic (exact) mass is 333 g/mol. The molecule has 0 fully saturated rings. The predicted octanol–water partition coefficient (Wildman–Crippen LogP) is 4.37. The summed E-state index contributed by atoms with van der Waals surface area (Å²) >= 11 is 0. The number of rotatable bonds is 1. The normalized spacial score (nSPS) is 11.6. The number of aromatic nitrogens is 2. The van der Waals surface area contributed by atoms with Gasteiger partial charge in [-0.1, -0.05) is 54.6 Å². The molecule has 1 aromatic heterocycles. The molecule has 0 aliphatic carbocycles. The highest BCUT2D eigenvalue weighted by molar-refractivity contribution is 5.92. The van der Waals surface area contributed by atoms with Crippen LogP contribution in [-0.2, 0) is 6.54 Å². The average molecular weight is 333 g/mol. The highest BCUT2D eigenvalue weighted by Crippen LogP contribution is 2.36. The first-order valence-corrected chi connectivity index (χ1v) is 8.35. The van der Waals surface area contributed by atoms with Crippen molar-refractivity contribution >= 4 is 16.6 Å². The van der Waals surface area contributed by atoms with Crippen LogP contribution in [0, 0.1) is 17.9 Å².